The largest absolute Gasteiger partial charge is 0.278 e. The zero-order valence-electron chi connectivity index (χ0n) is 29.4. The molecule has 0 aromatic heterocycles. The van der Waals surface area contributed by atoms with E-state index in [1.54, 1.807) is 0 Å². The number of nitro groups is 2. The van der Waals surface area contributed by atoms with Gasteiger partial charge in [0.2, 0.25) is 0 Å². The number of nitrogens with zero attached hydrogens (tertiary/aromatic N) is 4. The molecule has 2 aliphatic heterocycles. The molecule has 12 nitrogen and oxygen atoms in total. The molecule has 7 rings (SSSR count). The first-order chi connectivity index (χ1) is 25.1. The maximum Gasteiger partial charge on any atom is 0.278 e. The molecule has 52 heavy (non-hydrogen) atoms. The molecule has 0 saturated carbocycles. The first-order valence-corrected chi connectivity index (χ1v) is 18.4. The standard InChI is InChI=1S/C40H40N4O8/c1-3-5-7-9-11-13-19-41-37(45)25-17-15-23-34-30(44(51)52)22-28-32-26(38(46)42(40(28)48)20-14-12-10-8-6-4-2)18-16-24(36(32)34)33-29(43(49)50)21-27(39(41)47)31(25)35(23)33/h15-18,21-22H,3-14,19-20H2,1-2H3. The Hall–Kier alpha value is -5.52. The Morgan fingerprint density at radius 2 is 0.808 bits per heavy atom. The van der Waals surface area contributed by atoms with E-state index in [1.165, 1.54) is 36.4 Å². The summed E-state index contributed by atoms with van der Waals surface area (Å²) in [6.45, 7) is 4.57. The molecule has 0 saturated heterocycles. The van der Waals surface area contributed by atoms with Crippen molar-refractivity contribution in [1.29, 1.82) is 0 Å². The first-order valence-electron chi connectivity index (χ1n) is 18.4. The Morgan fingerprint density at radius 1 is 0.462 bits per heavy atom. The molecular formula is C40H40N4O8. The number of hydrogen-bond acceptors (Lipinski definition) is 8. The number of benzene rings is 5. The van der Waals surface area contributed by atoms with Crippen molar-refractivity contribution in [1.82, 2.24) is 9.80 Å². The summed E-state index contributed by atoms with van der Waals surface area (Å²) in [6, 6.07) is 8.49. The van der Waals surface area contributed by atoms with Crippen LogP contribution in [0.4, 0.5) is 11.4 Å². The highest BCUT2D eigenvalue weighted by Gasteiger charge is 2.40. The van der Waals surface area contributed by atoms with Crippen LogP contribution in [0.1, 0.15) is 132 Å². The van der Waals surface area contributed by atoms with E-state index in [2.05, 4.69) is 13.8 Å². The molecule has 2 aliphatic rings. The van der Waals surface area contributed by atoms with Gasteiger partial charge in [0.1, 0.15) is 0 Å². The molecule has 0 spiro atoms. The number of unbranched alkanes of at least 4 members (excludes halogenated alkanes) is 10. The van der Waals surface area contributed by atoms with Crippen LogP contribution in [0, 0.1) is 20.2 Å². The molecule has 0 radical (unpaired) electrons. The first kappa shape index (κ1) is 34.9. The second-order valence-electron chi connectivity index (χ2n) is 14.0. The Bertz CT molecular complexity index is 2180. The fourth-order valence-corrected chi connectivity index (χ4v) is 8.32. The van der Waals surface area contributed by atoms with Gasteiger partial charge in [-0.1, -0.05) is 90.2 Å². The van der Waals surface area contributed by atoms with E-state index < -0.39 is 44.9 Å². The number of hydrogen-bond donors (Lipinski definition) is 0. The lowest BCUT2D eigenvalue weighted by molar-refractivity contribution is -0.383. The van der Waals surface area contributed by atoms with Crippen LogP contribution in [0.3, 0.4) is 0 Å². The van der Waals surface area contributed by atoms with Gasteiger partial charge in [0, 0.05) is 57.9 Å². The van der Waals surface area contributed by atoms with Crippen molar-refractivity contribution in [2.75, 3.05) is 13.1 Å². The van der Waals surface area contributed by atoms with Gasteiger partial charge in [0.25, 0.3) is 35.0 Å². The van der Waals surface area contributed by atoms with Gasteiger partial charge >= 0.3 is 0 Å². The lowest BCUT2D eigenvalue weighted by Gasteiger charge is -2.30. The van der Waals surface area contributed by atoms with E-state index in [4.69, 9.17) is 0 Å². The summed E-state index contributed by atoms with van der Waals surface area (Å²) in [4.78, 5) is 82.4. The van der Waals surface area contributed by atoms with E-state index in [1.807, 2.05) is 0 Å². The van der Waals surface area contributed by atoms with Crippen molar-refractivity contribution in [2.24, 2.45) is 0 Å². The number of carbonyl (C=O) groups is 4. The zero-order chi connectivity index (χ0) is 36.8. The number of amides is 4. The molecule has 4 amide bonds. The van der Waals surface area contributed by atoms with E-state index in [0.717, 1.165) is 74.0 Å². The smallest absolute Gasteiger partial charge is 0.274 e. The highest BCUT2D eigenvalue weighted by molar-refractivity contribution is 6.43. The normalized spacial score (nSPS) is 14.3. The third-order valence-electron chi connectivity index (χ3n) is 10.8. The average molecular weight is 705 g/mol. The second-order valence-corrected chi connectivity index (χ2v) is 14.0. The van der Waals surface area contributed by atoms with Gasteiger partial charge in [-0.2, -0.15) is 0 Å². The van der Waals surface area contributed by atoms with Gasteiger partial charge in [-0.3, -0.25) is 49.2 Å². The average Bonchev–Trinajstić information content (AvgIpc) is 3.13. The lowest BCUT2D eigenvalue weighted by Crippen LogP contribution is -2.41. The number of non-ortho nitro benzene ring substituents is 2. The number of carbonyl (C=O) groups excluding carboxylic acids is 4. The SMILES string of the molecule is CCCCCCCCN1C(=O)c2ccc3c4c([N+](=O)[O-])cc5c6c(ccc(c7c([N+](=O)[O-])cc(c2c37)C1=O)c64)C(=O)N(CCCCCCCC)C5=O. The van der Waals surface area contributed by atoms with Gasteiger partial charge in [0.05, 0.1) is 31.7 Å². The third-order valence-corrected chi connectivity index (χ3v) is 10.8. The van der Waals surface area contributed by atoms with Crippen molar-refractivity contribution in [3.05, 3.63) is 78.9 Å². The van der Waals surface area contributed by atoms with E-state index in [-0.39, 0.29) is 78.4 Å². The summed E-state index contributed by atoms with van der Waals surface area (Å²) >= 11 is 0. The van der Waals surface area contributed by atoms with E-state index in [9.17, 15) is 39.4 Å². The van der Waals surface area contributed by atoms with E-state index in [0.29, 0.717) is 12.8 Å². The highest BCUT2D eigenvalue weighted by atomic mass is 16.6. The van der Waals surface area contributed by atoms with E-state index >= 15 is 0 Å². The number of imide groups is 2. The van der Waals surface area contributed by atoms with Crippen LogP contribution in [-0.4, -0.2) is 56.4 Å². The molecule has 5 aromatic carbocycles. The second kappa shape index (κ2) is 13.9. The van der Waals surface area contributed by atoms with Crippen molar-refractivity contribution >= 4 is 78.1 Å². The Kier molecular flexibility index (Phi) is 9.33. The number of fused-ring (bicyclic) bond motifs is 2. The quantitative estimate of drug-likeness (QED) is 0.0245. The molecule has 5 aromatic rings. The van der Waals surface area contributed by atoms with Crippen LogP contribution >= 0.6 is 0 Å². The van der Waals surface area contributed by atoms with Crippen LogP contribution in [-0.2, 0) is 0 Å². The van der Waals surface area contributed by atoms with Gasteiger partial charge in [-0.25, -0.2) is 0 Å². The predicted molar refractivity (Wildman–Crippen MR) is 198 cm³/mol. The molecule has 2 heterocycles. The molecule has 12 heteroatoms. The van der Waals surface area contributed by atoms with Crippen LogP contribution in [0.5, 0.6) is 0 Å². The summed E-state index contributed by atoms with van der Waals surface area (Å²) < 4.78 is 0. The van der Waals surface area contributed by atoms with Crippen molar-refractivity contribution < 1.29 is 29.0 Å². The van der Waals surface area contributed by atoms with Crippen LogP contribution < -0.4 is 0 Å². The summed E-state index contributed by atoms with van der Waals surface area (Å²) in [5.41, 5.74) is -0.475. The van der Waals surface area contributed by atoms with Crippen LogP contribution in [0.15, 0.2) is 36.4 Å². The maximum atomic E-state index is 14.0. The molecule has 0 unspecified atom stereocenters. The summed E-state index contributed by atoms with van der Waals surface area (Å²) in [5, 5.41) is 27.0. The minimum atomic E-state index is -0.648. The molecule has 0 atom stereocenters. The molecular weight excluding hydrogens is 664 g/mol. The Morgan fingerprint density at radius 3 is 1.17 bits per heavy atom. The monoisotopic (exact) mass is 704 g/mol. The zero-order valence-corrected chi connectivity index (χ0v) is 29.4. The van der Waals surface area contributed by atoms with Gasteiger partial charge in [-0.05, 0) is 35.7 Å². The minimum absolute atomic E-state index is 0.0136. The van der Waals surface area contributed by atoms with Gasteiger partial charge in [0.15, 0.2) is 0 Å². The Labute approximate surface area is 299 Å². The molecule has 268 valence electrons. The maximum absolute atomic E-state index is 14.0. The summed E-state index contributed by atoms with van der Waals surface area (Å²) in [6.07, 6.45) is 11.3. The van der Waals surface area contributed by atoms with Crippen molar-refractivity contribution in [3.63, 3.8) is 0 Å². The summed E-state index contributed by atoms with van der Waals surface area (Å²) in [7, 11) is 0. The fourth-order valence-electron chi connectivity index (χ4n) is 8.32. The highest BCUT2D eigenvalue weighted by Crippen LogP contribution is 2.51. The third kappa shape index (κ3) is 5.43. The molecule has 0 fully saturated rings. The lowest BCUT2D eigenvalue weighted by atomic mass is 9.81. The fraction of sp³-hybridized carbons (Fsp3) is 0.400. The van der Waals surface area contributed by atoms with Crippen LogP contribution in [0.2, 0.25) is 0 Å². The van der Waals surface area contributed by atoms with Crippen LogP contribution in [0.25, 0.3) is 43.1 Å². The minimum Gasteiger partial charge on any atom is -0.274 e. The van der Waals surface area contributed by atoms with Gasteiger partial charge < -0.3 is 0 Å². The summed E-state index contributed by atoms with van der Waals surface area (Å²) in [5.74, 6) is -2.34. The van der Waals surface area contributed by atoms with Gasteiger partial charge in [-0.15, -0.1) is 0 Å². The predicted octanol–water partition coefficient (Wildman–Crippen LogP) is 9.47. The molecule has 0 aliphatic carbocycles. The number of nitro benzene ring substituents is 2. The number of rotatable bonds is 16. The molecule has 0 N–H and O–H groups in total. The molecule has 0 bridgehead atoms. The topological polar surface area (TPSA) is 161 Å². The Balaban J connectivity index is 1.42. The van der Waals surface area contributed by atoms with Crippen molar-refractivity contribution in [2.45, 2.75) is 90.9 Å². The van der Waals surface area contributed by atoms with Crippen molar-refractivity contribution in [3.8, 4) is 0 Å².